The summed E-state index contributed by atoms with van der Waals surface area (Å²) in [5, 5.41) is 12.1. The monoisotopic (exact) mass is 296 g/mol. The third-order valence-corrected chi connectivity index (χ3v) is 4.16. The van der Waals surface area contributed by atoms with Gasteiger partial charge >= 0.3 is 6.18 Å². The van der Waals surface area contributed by atoms with E-state index in [0.29, 0.717) is 12.0 Å². The minimum atomic E-state index is -4.09. The first-order valence-corrected chi connectivity index (χ1v) is 7.23. The predicted molar refractivity (Wildman–Crippen MR) is 74.5 cm³/mol. The number of rotatable bonds is 3. The van der Waals surface area contributed by atoms with Crippen LogP contribution in [0, 0.1) is 17.2 Å². The van der Waals surface area contributed by atoms with Crippen LogP contribution in [0.15, 0.2) is 24.3 Å². The van der Waals surface area contributed by atoms with Crippen LogP contribution in [-0.4, -0.2) is 12.2 Å². The molecule has 1 aliphatic carbocycles. The summed E-state index contributed by atoms with van der Waals surface area (Å²) in [6, 6.07) is 9.08. The van der Waals surface area contributed by atoms with Crippen LogP contribution < -0.4 is 5.32 Å². The molecule has 0 aliphatic heterocycles. The summed E-state index contributed by atoms with van der Waals surface area (Å²) in [7, 11) is 0. The Labute approximate surface area is 123 Å². The molecule has 1 N–H and O–H groups in total. The highest BCUT2D eigenvalue weighted by molar-refractivity contribution is 5.32. The first kappa shape index (κ1) is 15.8. The minimum absolute atomic E-state index is 0.0188. The van der Waals surface area contributed by atoms with Crippen LogP contribution in [0.5, 0.6) is 0 Å². The van der Waals surface area contributed by atoms with Crippen molar-refractivity contribution in [3.63, 3.8) is 0 Å². The normalized spacial score (nSPS) is 24.3. The Morgan fingerprint density at radius 3 is 2.48 bits per heavy atom. The third-order valence-electron chi connectivity index (χ3n) is 4.16. The molecule has 1 fully saturated rings. The average Bonchev–Trinajstić information content (AvgIpc) is 2.47. The van der Waals surface area contributed by atoms with Crippen molar-refractivity contribution in [1.29, 1.82) is 5.26 Å². The van der Waals surface area contributed by atoms with E-state index in [4.69, 9.17) is 5.26 Å². The molecule has 3 unspecified atom stereocenters. The molecule has 0 heterocycles. The first-order chi connectivity index (χ1) is 9.90. The second kappa shape index (κ2) is 6.48. The molecule has 114 valence electrons. The van der Waals surface area contributed by atoms with Gasteiger partial charge in [0.15, 0.2) is 0 Å². The molecule has 3 atom stereocenters. The van der Waals surface area contributed by atoms with Gasteiger partial charge < -0.3 is 5.32 Å². The maximum absolute atomic E-state index is 12.8. The summed E-state index contributed by atoms with van der Waals surface area (Å²) in [6.07, 6.45) is -2.29. The Hall–Kier alpha value is -1.54. The molecule has 0 radical (unpaired) electrons. The molecule has 2 rings (SSSR count). The minimum Gasteiger partial charge on any atom is -0.307 e. The van der Waals surface area contributed by atoms with Crippen molar-refractivity contribution in [2.45, 2.75) is 50.9 Å². The lowest BCUT2D eigenvalue weighted by molar-refractivity contribution is -0.183. The number of nitrogens with zero attached hydrogens (tertiary/aromatic N) is 1. The number of nitriles is 1. The summed E-state index contributed by atoms with van der Waals surface area (Å²) in [4.78, 5) is 0. The maximum atomic E-state index is 12.8. The molecular formula is C16H19F3N2. The van der Waals surface area contributed by atoms with E-state index in [1.807, 2.05) is 19.1 Å². The quantitative estimate of drug-likeness (QED) is 0.901. The highest BCUT2D eigenvalue weighted by Crippen LogP contribution is 2.38. The Kier molecular flexibility index (Phi) is 4.89. The number of hydrogen-bond donors (Lipinski definition) is 1. The molecular weight excluding hydrogens is 277 g/mol. The average molecular weight is 296 g/mol. The van der Waals surface area contributed by atoms with Crippen molar-refractivity contribution in [2.24, 2.45) is 5.92 Å². The van der Waals surface area contributed by atoms with Gasteiger partial charge in [0.1, 0.15) is 0 Å². The van der Waals surface area contributed by atoms with Crippen LogP contribution in [0.3, 0.4) is 0 Å². The van der Waals surface area contributed by atoms with Crippen molar-refractivity contribution in [2.75, 3.05) is 0 Å². The van der Waals surface area contributed by atoms with Crippen LogP contribution >= 0.6 is 0 Å². The van der Waals surface area contributed by atoms with E-state index in [-0.39, 0.29) is 24.9 Å². The zero-order chi connectivity index (χ0) is 15.5. The topological polar surface area (TPSA) is 35.8 Å². The SMILES string of the molecule is CC(NC1CCCC(C(F)(F)F)C1)c1ccc(C#N)cc1. The van der Waals surface area contributed by atoms with Crippen LogP contribution in [0.4, 0.5) is 13.2 Å². The van der Waals surface area contributed by atoms with Gasteiger partial charge in [0, 0.05) is 12.1 Å². The highest BCUT2D eigenvalue weighted by Gasteiger charge is 2.42. The second-order valence-electron chi connectivity index (χ2n) is 5.72. The summed E-state index contributed by atoms with van der Waals surface area (Å²) in [6.45, 7) is 1.94. The molecule has 1 aliphatic rings. The summed E-state index contributed by atoms with van der Waals surface area (Å²) in [5.41, 5.74) is 1.57. The van der Waals surface area contributed by atoms with Crippen molar-refractivity contribution < 1.29 is 13.2 Å². The Morgan fingerprint density at radius 1 is 1.24 bits per heavy atom. The fourth-order valence-electron chi connectivity index (χ4n) is 2.93. The number of halogens is 3. The van der Waals surface area contributed by atoms with Gasteiger partial charge in [0.2, 0.25) is 0 Å². The van der Waals surface area contributed by atoms with E-state index in [0.717, 1.165) is 12.0 Å². The molecule has 5 heteroatoms. The fourth-order valence-corrected chi connectivity index (χ4v) is 2.93. The van der Waals surface area contributed by atoms with Gasteiger partial charge in [-0.25, -0.2) is 0 Å². The summed E-state index contributed by atoms with van der Waals surface area (Å²) >= 11 is 0. The zero-order valence-corrected chi connectivity index (χ0v) is 12.0. The molecule has 2 nitrogen and oxygen atoms in total. The molecule has 0 saturated heterocycles. The first-order valence-electron chi connectivity index (χ1n) is 7.23. The van der Waals surface area contributed by atoms with Crippen molar-refractivity contribution in [1.82, 2.24) is 5.32 Å². The Morgan fingerprint density at radius 2 is 1.90 bits per heavy atom. The van der Waals surface area contributed by atoms with E-state index in [1.165, 1.54) is 0 Å². The van der Waals surface area contributed by atoms with Gasteiger partial charge in [-0.1, -0.05) is 18.6 Å². The molecule has 0 amide bonds. The van der Waals surface area contributed by atoms with E-state index >= 15 is 0 Å². The molecule has 0 aromatic heterocycles. The molecule has 1 aromatic carbocycles. The standard InChI is InChI=1S/C16H19F3N2/c1-11(13-7-5-12(10-20)6-8-13)21-15-4-2-3-14(9-15)16(17,18)19/h5-8,11,14-15,21H,2-4,9H2,1H3. The smallest absolute Gasteiger partial charge is 0.307 e. The number of hydrogen-bond acceptors (Lipinski definition) is 2. The molecule has 21 heavy (non-hydrogen) atoms. The van der Waals surface area contributed by atoms with Gasteiger partial charge in [-0.05, 0) is 43.9 Å². The van der Waals surface area contributed by atoms with Crippen LogP contribution in [-0.2, 0) is 0 Å². The summed E-state index contributed by atoms with van der Waals surface area (Å²) in [5.74, 6) is -1.18. The third kappa shape index (κ3) is 4.21. The molecule has 0 bridgehead atoms. The van der Waals surface area contributed by atoms with Crippen LogP contribution in [0.1, 0.15) is 49.8 Å². The molecule has 1 aromatic rings. The van der Waals surface area contributed by atoms with Gasteiger partial charge in [-0.15, -0.1) is 0 Å². The lowest BCUT2D eigenvalue weighted by atomic mass is 9.84. The van der Waals surface area contributed by atoms with E-state index < -0.39 is 12.1 Å². The van der Waals surface area contributed by atoms with Crippen molar-refractivity contribution in [3.8, 4) is 6.07 Å². The van der Waals surface area contributed by atoms with Crippen molar-refractivity contribution >= 4 is 0 Å². The molecule has 0 spiro atoms. The van der Waals surface area contributed by atoms with Crippen LogP contribution in [0.25, 0.3) is 0 Å². The van der Waals surface area contributed by atoms with E-state index in [2.05, 4.69) is 11.4 Å². The van der Waals surface area contributed by atoms with Crippen LogP contribution in [0.2, 0.25) is 0 Å². The highest BCUT2D eigenvalue weighted by atomic mass is 19.4. The van der Waals surface area contributed by atoms with Gasteiger partial charge in [0.05, 0.1) is 17.6 Å². The van der Waals surface area contributed by atoms with Gasteiger partial charge in [-0.3, -0.25) is 0 Å². The zero-order valence-electron chi connectivity index (χ0n) is 12.0. The molecule has 1 saturated carbocycles. The maximum Gasteiger partial charge on any atom is 0.391 e. The lowest BCUT2D eigenvalue weighted by Crippen LogP contribution is -2.39. The lowest BCUT2D eigenvalue weighted by Gasteiger charge is -2.33. The number of nitrogens with one attached hydrogen (secondary N) is 1. The van der Waals surface area contributed by atoms with Gasteiger partial charge in [-0.2, -0.15) is 18.4 Å². The summed E-state index contributed by atoms with van der Waals surface area (Å²) < 4.78 is 38.4. The number of alkyl halides is 3. The van der Waals surface area contributed by atoms with E-state index in [9.17, 15) is 13.2 Å². The Bertz CT molecular complexity index is 502. The predicted octanol–water partition coefficient (Wildman–Crippen LogP) is 4.33. The van der Waals surface area contributed by atoms with E-state index in [1.54, 1.807) is 12.1 Å². The fraction of sp³-hybridized carbons (Fsp3) is 0.562. The second-order valence-corrected chi connectivity index (χ2v) is 5.72. The Balaban J connectivity index is 1.95. The van der Waals surface area contributed by atoms with Gasteiger partial charge in [0.25, 0.3) is 0 Å². The number of benzene rings is 1. The largest absolute Gasteiger partial charge is 0.391 e. The van der Waals surface area contributed by atoms with Crippen molar-refractivity contribution in [3.05, 3.63) is 35.4 Å².